The number of rotatable bonds is 4. The number of tetrazole rings is 1. The summed E-state index contributed by atoms with van der Waals surface area (Å²) in [6.07, 6.45) is 1.41. The second-order valence-electron chi connectivity index (χ2n) is 6.53. The van der Waals surface area contributed by atoms with E-state index in [-0.39, 0.29) is 6.54 Å². The Morgan fingerprint density at radius 1 is 1.25 bits per heavy atom. The molecule has 2 N–H and O–H groups in total. The molecule has 3 heterocycles. The molecule has 2 aliphatic heterocycles. The zero-order chi connectivity index (χ0) is 19.9. The van der Waals surface area contributed by atoms with Crippen LogP contribution in [0.1, 0.15) is 12.5 Å². The molecule has 12 heteroatoms. The van der Waals surface area contributed by atoms with Crippen molar-refractivity contribution in [3.05, 3.63) is 36.2 Å². The lowest BCUT2D eigenvalue weighted by Crippen LogP contribution is -2.45. The second kappa shape index (κ2) is 6.40. The summed E-state index contributed by atoms with van der Waals surface area (Å²) in [6, 6.07) is 5.58. The molecule has 0 unspecified atom stereocenters. The highest BCUT2D eigenvalue weighted by molar-refractivity contribution is 6.10. The monoisotopic (exact) mass is 384 g/mol. The van der Waals surface area contributed by atoms with Gasteiger partial charge in [0.2, 0.25) is 0 Å². The first-order valence-corrected chi connectivity index (χ1v) is 8.46. The van der Waals surface area contributed by atoms with Crippen LogP contribution < -0.4 is 10.6 Å². The van der Waals surface area contributed by atoms with Crippen LogP contribution in [0.3, 0.4) is 0 Å². The van der Waals surface area contributed by atoms with E-state index < -0.39 is 36.0 Å². The van der Waals surface area contributed by atoms with Crippen molar-refractivity contribution in [2.75, 3.05) is 19.6 Å². The van der Waals surface area contributed by atoms with Gasteiger partial charge in [-0.25, -0.2) is 14.3 Å². The summed E-state index contributed by atoms with van der Waals surface area (Å²) in [5.74, 6) is -1.20. The minimum Gasteiger partial charge on any atom is -0.336 e. The maximum atomic E-state index is 13.0. The van der Waals surface area contributed by atoms with Crippen molar-refractivity contribution in [1.82, 2.24) is 40.6 Å². The Hall–Kier alpha value is -3.83. The Balaban J connectivity index is 1.58. The molecule has 2 saturated heterocycles. The summed E-state index contributed by atoms with van der Waals surface area (Å²) in [4.78, 5) is 51.1. The van der Waals surface area contributed by atoms with Crippen LogP contribution in [0.25, 0.3) is 5.69 Å². The zero-order valence-corrected chi connectivity index (χ0v) is 14.8. The van der Waals surface area contributed by atoms with Crippen molar-refractivity contribution in [2.45, 2.75) is 12.5 Å². The fourth-order valence-corrected chi connectivity index (χ4v) is 3.21. The summed E-state index contributed by atoms with van der Waals surface area (Å²) >= 11 is 0. The molecule has 12 nitrogen and oxygen atoms in total. The standard InChI is InChI=1S/C16H16N8O4/c1-16(10-3-2-4-11(7-10)24-9-18-20-21-24)13(26)23(15(28)19-16)8-12(25)22-6-5-17-14(22)27/h2-4,7,9H,5-6,8H2,1H3,(H,17,27)(H,19,28)/t16-/m0/s1. The van der Waals surface area contributed by atoms with Gasteiger partial charge in [0.05, 0.1) is 5.69 Å². The lowest BCUT2D eigenvalue weighted by atomic mass is 9.91. The van der Waals surface area contributed by atoms with Crippen molar-refractivity contribution in [3.8, 4) is 5.69 Å². The van der Waals surface area contributed by atoms with Gasteiger partial charge in [0, 0.05) is 13.1 Å². The van der Waals surface area contributed by atoms with E-state index in [9.17, 15) is 19.2 Å². The van der Waals surface area contributed by atoms with Gasteiger partial charge in [0.1, 0.15) is 18.4 Å². The third kappa shape index (κ3) is 2.74. The van der Waals surface area contributed by atoms with Gasteiger partial charge in [-0.1, -0.05) is 12.1 Å². The maximum absolute atomic E-state index is 13.0. The van der Waals surface area contributed by atoms with Crippen molar-refractivity contribution in [3.63, 3.8) is 0 Å². The summed E-state index contributed by atoms with van der Waals surface area (Å²) in [5.41, 5.74) is -0.254. The predicted molar refractivity (Wildman–Crippen MR) is 91.9 cm³/mol. The molecule has 0 spiro atoms. The molecule has 6 amide bonds. The van der Waals surface area contributed by atoms with E-state index >= 15 is 0 Å². The molecule has 2 aliphatic rings. The number of nitrogens with one attached hydrogen (secondary N) is 2. The van der Waals surface area contributed by atoms with Crippen LogP contribution in [0, 0.1) is 0 Å². The van der Waals surface area contributed by atoms with E-state index in [4.69, 9.17) is 0 Å². The summed E-state index contributed by atoms with van der Waals surface area (Å²) in [6.45, 7) is 1.58. The largest absolute Gasteiger partial charge is 0.336 e. The van der Waals surface area contributed by atoms with Gasteiger partial charge < -0.3 is 10.6 Å². The first kappa shape index (κ1) is 17.6. The first-order valence-electron chi connectivity index (χ1n) is 8.46. The number of aromatic nitrogens is 4. The van der Waals surface area contributed by atoms with Crippen LogP contribution in [0.4, 0.5) is 9.59 Å². The number of amides is 6. The number of carbonyl (C=O) groups excluding carboxylic acids is 4. The van der Waals surface area contributed by atoms with Crippen molar-refractivity contribution >= 4 is 23.9 Å². The molecule has 0 saturated carbocycles. The molecule has 2 aromatic rings. The van der Waals surface area contributed by atoms with Crippen LogP contribution in [0.2, 0.25) is 0 Å². The van der Waals surface area contributed by atoms with Crippen LogP contribution in [0.5, 0.6) is 0 Å². The van der Waals surface area contributed by atoms with Crippen LogP contribution in [-0.4, -0.2) is 73.5 Å². The Bertz CT molecular complexity index is 975. The highest BCUT2D eigenvalue weighted by atomic mass is 16.2. The fraction of sp³-hybridized carbons (Fsp3) is 0.312. The van der Waals surface area contributed by atoms with E-state index in [1.807, 2.05) is 0 Å². The van der Waals surface area contributed by atoms with E-state index in [1.165, 1.54) is 11.0 Å². The molecule has 0 bridgehead atoms. The quantitative estimate of drug-likeness (QED) is 0.643. The van der Waals surface area contributed by atoms with Crippen molar-refractivity contribution in [1.29, 1.82) is 0 Å². The highest BCUT2D eigenvalue weighted by Crippen LogP contribution is 2.30. The Labute approximate surface area is 158 Å². The van der Waals surface area contributed by atoms with Gasteiger partial charge in [0.25, 0.3) is 11.8 Å². The molecule has 144 valence electrons. The number of nitrogens with zero attached hydrogens (tertiary/aromatic N) is 6. The number of carbonyl (C=O) groups is 4. The molecule has 0 aliphatic carbocycles. The van der Waals surface area contributed by atoms with Crippen LogP contribution in [-0.2, 0) is 15.1 Å². The lowest BCUT2D eigenvalue weighted by Gasteiger charge is -2.23. The van der Waals surface area contributed by atoms with Gasteiger partial charge >= 0.3 is 12.1 Å². The molecule has 1 aromatic heterocycles. The number of hydrogen-bond acceptors (Lipinski definition) is 7. The highest BCUT2D eigenvalue weighted by Gasteiger charge is 2.50. The third-order valence-corrected chi connectivity index (χ3v) is 4.76. The molecule has 0 radical (unpaired) electrons. The van der Waals surface area contributed by atoms with E-state index in [1.54, 1.807) is 31.2 Å². The topological polar surface area (TPSA) is 142 Å². The summed E-state index contributed by atoms with van der Waals surface area (Å²) in [5, 5.41) is 16.1. The van der Waals surface area contributed by atoms with E-state index in [0.717, 1.165) is 9.80 Å². The molecular formula is C16H16N8O4. The number of benzene rings is 1. The van der Waals surface area contributed by atoms with Gasteiger partial charge in [-0.15, -0.1) is 5.10 Å². The van der Waals surface area contributed by atoms with Crippen LogP contribution in [0.15, 0.2) is 30.6 Å². The Morgan fingerprint density at radius 3 is 2.75 bits per heavy atom. The Morgan fingerprint density at radius 2 is 2.07 bits per heavy atom. The average molecular weight is 384 g/mol. The smallest absolute Gasteiger partial charge is 0.325 e. The van der Waals surface area contributed by atoms with E-state index in [2.05, 4.69) is 26.2 Å². The van der Waals surface area contributed by atoms with Crippen molar-refractivity contribution in [2.24, 2.45) is 0 Å². The molecule has 4 rings (SSSR count). The predicted octanol–water partition coefficient (Wildman–Crippen LogP) is -1.02. The summed E-state index contributed by atoms with van der Waals surface area (Å²) < 4.78 is 1.42. The SMILES string of the molecule is C[C@@]1(c2cccc(-n3cnnn3)c2)NC(=O)N(CC(=O)N2CCNC2=O)C1=O. The first-order chi connectivity index (χ1) is 13.4. The third-order valence-electron chi connectivity index (χ3n) is 4.76. The number of urea groups is 2. The summed E-state index contributed by atoms with van der Waals surface area (Å²) in [7, 11) is 0. The minimum atomic E-state index is -1.37. The van der Waals surface area contributed by atoms with Gasteiger partial charge in [-0.05, 0) is 35.0 Å². The minimum absolute atomic E-state index is 0.201. The van der Waals surface area contributed by atoms with Gasteiger partial charge in [-0.2, -0.15) is 0 Å². The van der Waals surface area contributed by atoms with Gasteiger partial charge in [0.15, 0.2) is 0 Å². The fourth-order valence-electron chi connectivity index (χ4n) is 3.21. The molecule has 1 aromatic carbocycles. The van der Waals surface area contributed by atoms with Crippen LogP contribution >= 0.6 is 0 Å². The molecule has 28 heavy (non-hydrogen) atoms. The lowest BCUT2D eigenvalue weighted by molar-refractivity contribution is -0.137. The van der Waals surface area contributed by atoms with E-state index in [0.29, 0.717) is 17.8 Å². The Kier molecular flexibility index (Phi) is 4.02. The maximum Gasteiger partial charge on any atom is 0.325 e. The average Bonchev–Trinajstić information content (AvgIpc) is 3.40. The van der Waals surface area contributed by atoms with Gasteiger partial charge in [-0.3, -0.25) is 19.4 Å². The number of hydrogen-bond donors (Lipinski definition) is 2. The normalized spacial score (nSPS) is 21.8. The number of imide groups is 2. The molecule has 2 fully saturated rings. The second-order valence-corrected chi connectivity index (χ2v) is 6.53. The molecular weight excluding hydrogens is 368 g/mol. The zero-order valence-electron chi connectivity index (χ0n) is 14.8. The molecule has 1 atom stereocenters. The van der Waals surface area contributed by atoms with Crippen molar-refractivity contribution < 1.29 is 19.2 Å².